The molecule has 2 amide bonds. The molecule has 1 fully saturated rings. The number of rotatable bonds is 4. The van der Waals surface area contributed by atoms with Crippen molar-refractivity contribution in [3.63, 3.8) is 0 Å². The summed E-state index contributed by atoms with van der Waals surface area (Å²) in [5.41, 5.74) is -0.579. The zero-order valence-corrected chi connectivity index (χ0v) is 12.4. The van der Waals surface area contributed by atoms with Gasteiger partial charge in [0.05, 0.1) is 6.54 Å². The van der Waals surface area contributed by atoms with E-state index in [9.17, 15) is 14.4 Å². The number of carbonyl (C=O) groups is 3. The number of nitrogens with one attached hydrogen (secondary N) is 1. The smallest absolute Gasteiger partial charge is 0.326 e. The second-order valence-corrected chi connectivity index (χ2v) is 6.33. The molecule has 6 nitrogen and oxygen atoms in total. The minimum absolute atomic E-state index is 0.0275. The van der Waals surface area contributed by atoms with Crippen LogP contribution < -0.4 is 5.32 Å². The van der Waals surface area contributed by atoms with Gasteiger partial charge in [-0.15, -0.1) is 0 Å². The monoisotopic (exact) mass is 284 g/mol. The first-order valence-electron chi connectivity index (χ1n) is 7.02. The van der Waals surface area contributed by atoms with Gasteiger partial charge in [-0.3, -0.25) is 9.59 Å². The standard InChI is InChI=1S/C14H24N2O4/c1-14(2,3)12(13(19)20)15-10(17)9-16-8-6-4-5-7-11(16)18/h12H,4-9H2,1-3H3,(H,15,17)(H,19,20). The van der Waals surface area contributed by atoms with E-state index in [0.29, 0.717) is 13.0 Å². The van der Waals surface area contributed by atoms with E-state index in [4.69, 9.17) is 5.11 Å². The van der Waals surface area contributed by atoms with Crippen molar-refractivity contribution in [3.05, 3.63) is 0 Å². The van der Waals surface area contributed by atoms with Crippen LogP contribution in [-0.4, -0.2) is 46.9 Å². The first-order valence-corrected chi connectivity index (χ1v) is 7.02. The Hall–Kier alpha value is -1.59. The van der Waals surface area contributed by atoms with Gasteiger partial charge in [0.2, 0.25) is 11.8 Å². The Labute approximate surface area is 119 Å². The van der Waals surface area contributed by atoms with E-state index in [2.05, 4.69) is 5.32 Å². The van der Waals surface area contributed by atoms with E-state index < -0.39 is 23.3 Å². The van der Waals surface area contributed by atoms with Crippen LogP contribution in [0.5, 0.6) is 0 Å². The van der Waals surface area contributed by atoms with Gasteiger partial charge in [0.1, 0.15) is 6.04 Å². The van der Waals surface area contributed by atoms with Gasteiger partial charge in [-0.05, 0) is 18.3 Å². The molecule has 1 unspecified atom stereocenters. The lowest BCUT2D eigenvalue weighted by molar-refractivity contribution is -0.145. The average molecular weight is 284 g/mol. The molecule has 0 aromatic rings. The van der Waals surface area contributed by atoms with E-state index in [1.807, 2.05) is 0 Å². The molecule has 0 aliphatic carbocycles. The third-order valence-electron chi connectivity index (χ3n) is 3.42. The molecular formula is C14H24N2O4. The van der Waals surface area contributed by atoms with Crippen molar-refractivity contribution >= 4 is 17.8 Å². The van der Waals surface area contributed by atoms with Gasteiger partial charge in [0.25, 0.3) is 0 Å². The molecule has 0 radical (unpaired) electrons. The SMILES string of the molecule is CC(C)(C)C(NC(=O)CN1CCCCCC1=O)C(=O)O. The summed E-state index contributed by atoms with van der Waals surface area (Å²) < 4.78 is 0. The topological polar surface area (TPSA) is 86.7 Å². The van der Waals surface area contributed by atoms with Crippen molar-refractivity contribution in [1.29, 1.82) is 0 Å². The Balaban J connectivity index is 2.61. The minimum atomic E-state index is -1.06. The highest BCUT2D eigenvalue weighted by Gasteiger charge is 2.33. The number of carbonyl (C=O) groups excluding carboxylic acids is 2. The molecule has 0 aromatic carbocycles. The lowest BCUT2D eigenvalue weighted by Crippen LogP contribution is -2.52. The fourth-order valence-corrected chi connectivity index (χ4v) is 2.23. The molecule has 1 aliphatic heterocycles. The molecule has 1 heterocycles. The summed E-state index contributed by atoms with van der Waals surface area (Å²) in [6.07, 6.45) is 3.20. The molecule has 0 spiro atoms. The molecule has 0 bridgehead atoms. The quantitative estimate of drug-likeness (QED) is 0.806. The zero-order valence-electron chi connectivity index (χ0n) is 12.4. The van der Waals surface area contributed by atoms with Crippen molar-refractivity contribution in [1.82, 2.24) is 10.2 Å². The highest BCUT2D eigenvalue weighted by atomic mass is 16.4. The number of nitrogens with zero attached hydrogens (tertiary/aromatic N) is 1. The number of carboxylic acids is 1. The molecule has 0 saturated carbocycles. The Morgan fingerprint density at radius 2 is 1.95 bits per heavy atom. The van der Waals surface area contributed by atoms with E-state index in [1.165, 1.54) is 4.90 Å². The molecule has 114 valence electrons. The van der Waals surface area contributed by atoms with E-state index in [-0.39, 0.29) is 12.5 Å². The Kier molecular flexibility index (Phi) is 5.53. The summed E-state index contributed by atoms with van der Waals surface area (Å²) >= 11 is 0. The lowest BCUT2D eigenvalue weighted by atomic mass is 9.87. The maximum Gasteiger partial charge on any atom is 0.326 e. The summed E-state index contributed by atoms with van der Waals surface area (Å²) in [5, 5.41) is 11.7. The molecule has 1 rings (SSSR count). The zero-order chi connectivity index (χ0) is 15.3. The third kappa shape index (κ3) is 4.83. The first kappa shape index (κ1) is 16.5. The van der Waals surface area contributed by atoms with Gasteiger partial charge < -0.3 is 15.3 Å². The van der Waals surface area contributed by atoms with Gasteiger partial charge in [0, 0.05) is 13.0 Å². The van der Waals surface area contributed by atoms with Crippen molar-refractivity contribution in [2.45, 2.75) is 52.5 Å². The van der Waals surface area contributed by atoms with Crippen LogP contribution in [-0.2, 0) is 14.4 Å². The molecule has 1 atom stereocenters. The fourth-order valence-electron chi connectivity index (χ4n) is 2.23. The lowest BCUT2D eigenvalue weighted by Gasteiger charge is -2.29. The summed E-state index contributed by atoms with van der Waals surface area (Å²) in [6.45, 7) is 5.77. The van der Waals surface area contributed by atoms with Crippen molar-refractivity contribution in [2.24, 2.45) is 5.41 Å². The number of amides is 2. The van der Waals surface area contributed by atoms with E-state index in [0.717, 1.165) is 19.3 Å². The Morgan fingerprint density at radius 1 is 1.30 bits per heavy atom. The van der Waals surface area contributed by atoms with Gasteiger partial charge >= 0.3 is 5.97 Å². The second-order valence-electron chi connectivity index (χ2n) is 6.33. The number of aliphatic carboxylic acids is 1. The summed E-state index contributed by atoms with van der Waals surface area (Å²) in [6, 6.07) is -0.961. The number of hydrogen-bond acceptors (Lipinski definition) is 3. The highest BCUT2D eigenvalue weighted by Crippen LogP contribution is 2.19. The molecule has 6 heteroatoms. The molecular weight excluding hydrogens is 260 g/mol. The number of carboxylic acid groups (broad SMARTS) is 1. The summed E-state index contributed by atoms with van der Waals surface area (Å²) in [5.74, 6) is -1.50. The van der Waals surface area contributed by atoms with Crippen LogP contribution in [0, 0.1) is 5.41 Å². The van der Waals surface area contributed by atoms with Crippen LogP contribution in [0.3, 0.4) is 0 Å². The number of likely N-dealkylation sites (tertiary alicyclic amines) is 1. The highest BCUT2D eigenvalue weighted by molar-refractivity contribution is 5.88. The van der Waals surface area contributed by atoms with Gasteiger partial charge in [-0.2, -0.15) is 0 Å². The van der Waals surface area contributed by atoms with Crippen molar-refractivity contribution in [2.75, 3.05) is 13.1 Å². The predicted octanol–water partition coefficient (Wildman–Crippen LogP) is 1.00. The summed E-state index contributed by atoms with van der Waals surface area (Å²) in [7, 11) is 0. The first-order chi connectivity index (χ1) is 9.21. The second kappa shape index (κ2) is 6.72. The predicted molar refractivity (Wildman–Crippen MR) is 74.1 cm³/mol. The minimum Gasteiger partial charge on any atom is -0.480 e. The largest absolute Gasteiger partial charge is 0.480 e. The van der Waals surface area contributed by atoms with Crippen LogP contribution in [0.2, 0.25) is 0 Å². The van der Waals surface area contributed by atoms with Crippen LogP contribution >= 0.6 is 0 Å². The third-order valence-corrected chi connectivity index (χ3v) is 3.42. The molecule has 20 heavy (non-hydrogen) atoms. The summed E-state index contributed by atoms with van der Waals surface area (Å²) in [4.78, 5) is 36.5. The number of hydrogen-bond donors (Lipinski definition) is 2. The molecule has 0 aromatic heterocycles. The maximum atomic E-state index is 12.0. The average Bonchev–Trinajstić information content (AvgIpc) is 2.50. The van der Waals surface area contributed by atoms with Gasteiger partial charge in [-0.1, -0.05) is 27.2 Å². The van der Waals surface area contributed by atoms with Crippen LogP contribution in [0.1, 0.15) is 46.5 Å². The van der Waals surface area contributed by atoms with Gasteiger partial charge in [0.15, 0.2) is 0 Å². The maximum absolute atomic E-state index is 12.0. The van der Waals surface area contributed by atoms with Gasteiger partial charge in [-0.25, -0.2) is 4.79 Å². The normalized spacial score (nSPS) is 18.4. The van der Waals surface area contributed by atoms with Crippen molar-refractivity contribution < 1.29 is 19.5 Å². The Bertz CT molecular complexity index is 387. The van der Waals surface area contributed by atoms with Crippen molar-refractivity contribution in [3.8, 4) is 0 Å². The molecule has 1 saturated heterocycles. The van der Waals surface area contributed by atoms with E-state index in [1.54, 1.807) is 20.8 Å². The fraction of sp³-hybridized carbons (Fsp3) is 0.786. The van der Waals surface area contributed by atoms with E-state index >= 15 is 0 Å². The molecule has 2 N–H and O–H groups in total. The van der Waals surface area contributed by atoms with Crippen LogP contribution in [0.25, 0.3) is 0 Å². The van der Waals surface area contributed by atoms with Crippen LogP contribution in [0.15, 0.2) is 0 Å². The van der Waals surface area contributed by atoms with Crippen LogP contribution in [0.4, 0.5) is 0 Å². The molecule has 1 aliphatic rings. The Morgan fingerprint density at radius 3 is 2.50 bits per heavy atom.